The van der Waals surface area contributed by atoms with E-state index >= 15 is 0 Å². The van der Waals surface area contributed by atoms with Crippen molar-refractivity contribution in [3.05, 3.63) is 0 Å². The van der Waals surface area contributed by atoms with Crippen LogP contribution in [0, 0.1) is 0 Å². The van der Waals surface area contributed by atoms with Crippen LogP contribution in [0.4, 0.5) is 0 Å². The van der Waals surface area contributed by atoms with Gasteiger partial charge in [-0.2, -0.15) is 0 Å². The summed E-state index contributed by atoms with van der Waals surface area (Å²) in [6.07, 6.45) is 0. The second-order valence-corrected chi connectivity index (χ2v) is 9.40. The van der Waals surface area contributed by atoms with Gasteiger partial charge in [-0.25, -0.2) is 4.67 Å². The van der Waals surface area contributed by atoms with E-state index in [1.54, 1.807) is 18.8 Å². The van der Waals surface area contributed by atoms with Crippen molar-refractivity contribution >= 4 is 18.1 Å². The van der Waals surface area contributed by atoms with Crippen LogP contribution in [0.2, 0.25) is 0 Å². The predicted molar refractivity (Wildman–Crippen MR) is 68.3 cm³/mol. The lowest BCUT2D eigenvalue weighted by molar-refractivity contribution is -0.867. The van der Waals surface area contributed by atoms with E-state index in [4.69, 9.17) is 4.52 Å². The van der Waals surface area contributed by atoms with Crippen LogP contribution < -0.4 is 24.0 Å². The van der Waals surface area contributed by atoms with Crippen molar-refractivity contribution in [3.63, 3.8) is 0 Å². The summed E-state index contributed by atoms with van der Waals surface area (Å²) in [5, 5.41) is 0. The molecule has 0 aromatic rings. The standard InChI is InChI=1S/C9H24N2O2PS.HI/c1-7-13-14(12,10(2)3)15-9-8-11(4,5)6;/h7-9H2,1-6H3;1H/q+1;/p-1. The average Bonchev–Trinajstić information content (AvgIpc) is 2.01. The number of hydrogen-bond acceptors (Lipinski definition) is 3. The maximum absolute atomic E-state index is 12.3. The lowest BCUT2D eigenvalue weighted by atomic mass is 10.6. The molecule has 0 radical (unpaired) electrons. The molecule has 1 atom stereocenters. The lowest BCUT2D eigenvalue weighted by Crippen LogP contribution is -3.00. The Bertz CT molecular complexity index is 234. The normalized spacial score (nSPS) is 15.7. The zero-order valence-electron chi connectivity index (χ0n) is 11.1. The minimum Gasteiger partial charge on any atom is -1.00 e. The summed E-state index contributed by atoms with van der Waals surface area (Å²) in [6.45, 7) is 0.709. The van der Waals surface area contributed by atoms with E-state index in [0.717, 1.165) is 16.8 Å². The third kappa shape index (κ3) is 8.31. The molecule has 0 aliphatic heterocycles. The van der Waals surface area contributed by atoms with E-state index in [1.165, 1.54) is 11.4 Å². The largest absolute Gasteiger partial charge is 1.00 e. The molecule has 0 saturated carbocycles. The maximum atomic E-state index is 12.3. The van der Waals surface area contributed by atoms with Crippen LogP contribution in [0.5, 0.6) is 0 Å². The maximum Gasteiger partial charge on any atom is 0.328 e. The minimum atomic E-state index is -2.64. The monoisotopic (exact) mass is 382 g/mol. The lowest BCUT2D eigenvalue weighted by Gasteiger charge is -2.26. The average molecular weight is 382 g/mol. The van der Waals surface area contributed by atoms with Crippen LogP contribution in [-0.2, 0) is 9.09 Å². The molecular formula is C9H24IN2O2PS. The fourth-order valence-electron chi connectivity index (χ4n) is 0.861. The highest BCUT2D eigenvalue weighted by Crippen LogP contribution is 2.60. The van der Waals surface area contributed by atoms with E-state index in [2.05, 4.69) is 21.1 Å². The molecule has 100 valence electrons. The molecule has 0 spiro atoms. The van der Waals surface area contributed by atoms with Crippen LogP contribution in [0.1, 0.15) is 6.92 Å². The van der Waals surface area contributed by atoms with Crippen molar-refractivity contribution in [2.45, 2.75) is 6.92 Å². The van der Waals surface area contributed by atoms with Crippen LogP contribution >= 0.6 is 18.1 Å². The van der Waals surface area contributed by atoms with Crippen molar-refractivity contribution in [2.75, 3.05) is 54.1 Å². The number of halogens is 1. The van der Waals surface area contributed by atoms with Gasteiger partial charge in [0.05, 0.1) is 40.0 Å². The van der Waals surface area contributed by atoms with Crippen molar-refractivity contribution < 1.29 is 37.5 Å². The molecule has 7 heteroatoms. The number of quaternary nitrogens is 1. The molecule has 0 aromatic carbocycles. The second kappa shape index (κ2) is 8.32. The summed E-state index contributed by atoms with van der Waals surface area (Å²) in [4.78, 5) is 0. The van der Waals surface area contributed by atoms with Gasteiger partial charge in [0.15, 0.2) is 0 Å². The van der Waals surface area contributed by atoms with Gasteiger partial charge >= 0.3 is 6.72 Å². The summed E-state index contributed by atoms with van der Waals surface area (Å²) < 4.78 is 20.2. The highest BCUT2D eigenvalue weighted by Gasteiger charge is 2.27. The molecule has 0 N–H and O–H groups in total. The van der Waals surface area contributed by atoms with E-state index in [1.807, 2.05) is 6.92 Å². The molecule has 0 saturated heterocycles. The zero-order valence-corrected chi connectivity index (χ0v) is 14.9. The summed E-state index contributed by atoms with van der Waals surface area (Å²) in [6, 6.07) is 0. The van der Waals surface area contributed by atoms with Gasteiger partial charge in [0.1, 0.15) is 0 Å². The number of rotatable bonds is 7. The van der Waals surface area contributed by atoms with E-state index in [9.17, 15) is 4.57 Å². The Labute approximate surface area is 121 Å². The molecule has 0 aromatic heterocycles. The van der Waals surface area contributed by atoms with Crippen molar-refractivity contribution in [1.82, 2.24) is 4.67 Å². The summed E-state index contributed by atoms with van der Waals surface area (Å²) in [5.74, 6) is 0.846. The zero-order chi connectivity index (χ0) is 12.1. The Kier molecular flexibility index (Phi) is 10.2. The Morgan fingerprint density at radius 2 is 1.81 bits per heavy atom. The van der Waals surface area contributed by atoms with Crippen molar-refractivity contribution in [1.29, 1.82) is 0 Å². The molecule has 4 nitrogen and oxygen atoms in total. The third-order valence-electron chi connectivity index (χ3n) is 1.80. The Hall–Kier alpha value is 1.19. The van der Waals surface area contributed by atoms with Crippen molar-refractivity contribution in [2.24, 2.45) is 0 Å². The van der Waals surface area contributed by atoms with Crippen molar-refractivity contribution in [3.8, 4) is 0 Å². The fourth-order valence-corrected chi connectivity index (χ4v) is 4.75. The SMILES string of the molecule is CCOP(=O)(SCC[N+](C)(C)C)N(C)C.[I-]. The van der Waals surface area contributed by atoms with Crippen LogP contribution in [0.15, 0.2) is 0 Å². The quantitative estimate of drug-likeness (QED) is 0.326. The Morgan fingerprint density at radius 1 is 1.31 bits per heavy atom. The summed E-state index contributed by atoms with van der Waals surface area (Å²) in [7, 11) is 9.98. The molecule has 0 aliphatic rings. The van der Waals surface area contributed by atoms with Gasteiger partial charge in [-0.05, 0) is 32.4 Å². The van der Waals surface area contributed by atoms with Gasteiger partial charge in [0, 0.05) is 0 Å². The molecule has 16 heavy (non-hydrogen) atoms. The summed E-state index contributed by atoms with van der Waals surface area (Å²) in [5.41, 5.74) is 0. The van der Waals surface area contributed by atoms with Gasteiger partial charge in [0.25, 0.3) is 0 Å². The Morgan fingerprint density at radius 3 is 2.12 bits per heavy atom. The third-order valence-corrected chi connectivity index (χ3v) is 6.88. The first-order valence-electron chi connectivity index (χ1n) is 5.08. The first kappa shape index (κ1) is 19.5. The molecular weight excluding hydrogens is 358 g/mol. The van der Waals surface area contributed by atoms with Gasteiger partial charge < -0.3 is 33.0 Å². The molecule has 0 fully saturated rings. The van der Waals surface area contributed by atoms with E-state index < -0.39 is 6.72 Å². The number of nitrogens with zero attached hydrogens (tertiary/aromatic N) is 2. The predicted octanol–water partition coefficient (Wildman–Crippen LogP) is -0.864. The molecule has 0 rings (SSSR count). The fraction of sp³-hybridized carbons (Fsp3) is 1.00. The highest BCUT2D eigenvalue weighted by molar-refractivity contribution is 8.55. The molecule has 1 unspecified atom stereocenters. The van der Waals surface area contributed by atoms with Crippen LogP contribution in [0.3, 0.4) is 0 Å². The molecule has 0 aliphatic carbocycles. The molecule has 0 bridgehead atoms. The van der Waals surface area contributed by atoms with E-state index in [-0.39, 0.29) is 24.0 Å². The Balaban J connectivity index is 0. The second-order valence-electron chi connectivity index (χ2n) is 4.58. The molecule has 0 heterocycles. The van der Waals surface area contributed by atoms with Gasteiger partial charge in [-0.15, -0.1) is 0 Å². The van der Waals surface area contributed by atoms with Gasteiger partial charge in [-0.3, -0.25) is 4.57 Å². The van der Waals surface area contributed by atoms with Crippen LogP contribution in [-0.4, -0.2) is 63.3 Å². The molecule has 0 amide bonds. The minimum absolute atomic E-state index is 0. The summed E-state index contributed by atoms with van der Waals surface area (Å²) >= 11 is 1.43. The first-order valence-corrected chi connectivity index (χ1v) is 8.25. The van der Waals surface area contributed by atoms with Gasteiger partial charge in [-0.1, -0.05) is 0 Å². The number of hydrogen-bond donors (Lipinski definition) is 0. The topological polar surface area (TPSA) is 29.5 Å². The first-order chi connectivity index (χ1) is 6.71. The highest BCUT2D eigenvalue weighted by atomic mass is 127. The van der Waals surface area contributed by atoms with Gasteiger partial charge in [0.2, 0.25) is 0 Å². The smallest absolute Gasteiger partial charge is 0.328 e. The van der Waals surface area contributed by atoms with Crippen LogP contribution in [0.25, 0.3) is 0 Å². The van der Waals surface area contributed by atoms with E-state index in [0.29, 0.717) is 6.61 Å².